The van der Waals surface area contributed by atoms with Gasteiger partial charge in [-0.25, -0.2) is 5.01 Å². The van der Waals surface area contributed by atoms with Crippen molar-refractivity contribution in [1.29, 1.82) is 0 Å². The molecule has 0 bridgehead atoms. The summed E-state index contributed by atoms with van der Waals surface area (Å²) in [7, 11) is 0. The minimum atomic E-state index is -1.12. The second-order valence-electron chi connectivity index (χ2n) is 5.21. The summed E-state index contributed by atoms with van der Waals surface area (Å²) in [4.78, 5) is 11.6. The van der Waals surface area contributed by atoms with Gasteiger partial charge in [-0.2, -0.15) is 5.10 Å². The van der Waals surface area contributed by atoms with Crippen molar-refractivity contribution < 1.29 is 9.90 Å². The monoisotopic (exact) mass is 248 g/mol. The number of carbonyl (C=O) groups excluding carboxylic acids is 1. The van der Waals surface area contributed by atoms with Gasteiger partial charge in [0.25, 0.3) is 0 Å². The highest BCUT2D eigenvalue weighted by molar-refractivity contribution is 5.87. The Morgan fingerprint density at radius 2 is 2.33 bits per heavy atom. The van der Waals surface area contributed by atoms with Crippen molar-refractivity contribution in [3.05, 3.63) is 24.3 Å². The largest absolute Gasteiger partial charge is 0.369 e. The van der Waals surface area contributed by atoms with E-state index in [1.807, 2.05) is 38.2 Å². The maximum absolute atomic E-state index is 11.6. The number of aldehydes is 1. The third-order valence-electron chi connectivity index (χ3n) is 3.93. The van der Waals surface area contributed by atoms with Crippen LogP contribution in [0.4, 0.5) is 0 Å². The summed E-state index contributed by atoms with van der Waals surface area (Å²) in [6.07, 6.45) is 9.68. The molecule has 1 N–H and O–H groups in total. The molecule has 1 aliphatic carbocycles. The van der Waals surface area contributed by atoms with Crippen molar-refractivity contribution >= 4 is 12.0 Å². The zero-order valence-electron chi connectivity index (χ0n) is 11.1. The van der Waals surface area contributed by atoms with Crippen LogP contribution in [-0.4, -0.2) is 33.4 Å². The summed E-state index contributed by atoms with van der Waals surface area (Å²) in [5.41, 5.74) is -1.09. The number of hydrogen-bond donors (Lipinski definition) is 1. The van der Waals surface area contributed by atoms with E-state index in [9.17, 15) is 9.90 Å². The minimum absolute atomic E-state index is 0.0337. The van der Waals surface area contributed by atoms with Crippen LogP contribution in [0.3, 0.4) is 0 Å². The fourth-order valence-electron chi connectivity index (χ4n) is 2.99. The maximum atomic E-state index is 11.6. The van der Waals surface area contributed by atoms with Gasteiger partial charge in [-0.3, -0.25) is 0 Å². The van der Waals surface area contributed by atoms with E-state index >= 15 is 0 Å². The summed E-state index contributed by atoms with van der Waals surface area (Å²) in [5.74, 6) is -0.0337. The molecule has 4 nitrogen and oxygen atoms in total. The smallest absolute Gasteiger partial charge is 0.160 e. The van der Waals surface area contributed by atoms with E-state index in [1.54, 1.807) is 11.9 Å². The molecule has 0 saturated carbocycles. The van der Waals surface area contributed by atoms with Crippen molar-refractivity contribution in [2.75, 3.05) is 0 Å². The summed E-state index contributed by atoms with van der Waals surface area (Å²) in [6.45, 7) is 5.66. The van der Waals surface area contributed by atoms with Crippen LogP contribution in [0.1, 0.15) is 33.6 Å². The van der Waals surface area contributed by atoms with Gasteiger partial charge in [0.2, 0.25) is 0 Å². The average molecular weight is 248 g/mol. The first-order valence-corrected chi connectivity index (χ1v) is 6.36. The Labute approximate surface area is 108 Å². The van der Waals surface area contributed by atoms with Gasteiger partial charge in [-0.05, 0) is 26.3 Å². The molecule has 0 fully saturated rings. The van der Waals surface area contributed by atoms with E-state index in [1.165, 1.54) is 0 Å². The Kier molecular flexibility index (Phi) is 3.15. The summed E-state index contributed by atoms with van der Waals surface area (Å²) in [5, 5.41) is 16.7. The lowest BCUT2D eigenvalue weighted by Gasteiger charge is -2.43. The van der Waals surface area contributed by atoms with Crippen LogP contribution in [0, 0.1) is 5.92 Å². The minimum Gasteiger partial charge on any atom is -0.369 e. The highest BCUT2D eigenvalue weighted by Crippen LogP contribution is 2.40. The highest BCUT2D eigenvalue weighted by atomic mass is 16.3. The second-order valence-corrected chi connectivity index (χ2v) is 5.21. The van der Waals surface area contributed by atoms with Crippen LogP contribution < -0.4 is 0 Å². The van der Waals surface area contributed by atoms with Gasteiger partial charge in [0.1, 0.15) is 5.54 Å². The molecule has 0 aromatic carbocycles. The van der Waals surface area contributed by atoms with E-state index in [2.05, 4.69) is 5.10 Å². The first-order valence-electron chi connectivity index (χ1n) is 6.36. The van der Waals surface area contributed by atoms with Gasteiger partial charge in [0.05, 0.1) is 0 Å². The molecule has 1 heterocycles. The highest BCUT2D eigenvalue weighted by Gasteiger charge is 2.51. The summed E-state index contributed by atoms with van der Waals surface area (Å²) >= 11 is 0. The predicted octanol–water partition coefficient (Wildman–Crippen LogP) is 1.87. The van der Waals surface area contributed by atoms with Crippen LogP contribution in [0.2, 0.25) is 0 Å². The number of carbonyl (C=O) groups is 1. The fraction of sp³-hybridized carbons (Fsp3) is 0.571. The average Bonchev–Trinajstić information content (AvgIpc) is 2.60. The molecule has 98 valence electrons. The molecule has 0 aromatic heterocycles. The van der Waals surface area contributed by atoms with E-state index in [-0.39, 0.29) is 5.92 Å². The first-order chi connectivity index (χ1) is 8.48. The first kappa shape index (κ1) is 13.0. The van der Waals surface area contributed by atoms with Gasteiger partial charge in [-0.15, -0.1) is 0 Å². The van der Waals surface area contributed by atoms with E-state index in [0.717, 1.165) is 18.4 Å². The molecule has 0 saturated heterocycles. The lowest BCUT2D eigenvalue weighted by molar-refractivity contribution is -0.151. The van der Waals surface area contributed by atoms with Gasteiger partial charge < -0.3 is 9.90 Å². The zero-order valence-corrected chi connectivity index (χ0v) is 11.1. The molecule has 18 heavy (non-hydrogen) atoms. The topological polar surface area (TPSA) is 52.9 Å². The van der Waals surface area contributed by atoms with Crippen LogP contribution in [0.15, 0.2) is 29.4 Å². The van der Waals surface area contributed by atoms with Crippen molar-refractivity contribution in [1.82, 2.24) is 5.01 Å². The molecule has 3 unspecified atom stereocenters. The molecule has 0 radical (unpaired) electrons. The summed E-state index contributed by atoms with van der Waals surface area (Å²) < 4.78 is 0. The number of nitrogens with zero attached hydrogens (tertiary/aromatic N) is 2. The van der Waals surface area contributed by atoms with Crippen LogP contribution >= 0.6 is 0 Å². The van der Waals surface area contributed by atoms with Gasteiger partial charge in [0, 0.05) is 18.1 Å². The lowest BCUT2D eigenvalue weighted by Crippen LogP contribution is -2.57. The fourth-order valence-corrected chi connectivity index (χ4v) is 2.99. The normalized spacial score (nSPS) is 39.0. The number of rotatable bonds is 3. The van der Waals surface area contributed by atoms with Crippen LogP contribution in [0.5, 0.6) is 0 Å². The molecular formula is C14H20N2O2. The molecule has 4 heteroatoms. The molecule has 3 atom stereocenters. The van der Waals surface area contributed by atoms with Crippen molar-refractivity contribution in [3.8, 4) is 0 Å². The Bertz CT molecular complexity index is 437. The standard InChI is InChI=1S/C14H20N2O2/c1-4-12-11(2)15-16(13(12,3)18)14(10-17)8-6-5-7-9-14/h5-8,10,12,18H,4,9H2,1-3H3. The Hall–Kier alpha value is -1.42. The maximum Gasteiger partial charge on any atom is 0.160 e. The molecule has 2 rings (SSSR count). The molecule has 0 aromatic rings. The Morgan fingerprint density at radius 1 is 1.61 bits per heavy atom. The molecule has 1 aliphatic heterocycles. The molecular weight excluding hydrogens is 228 g/mol. The van der Waals surface area contributed by atoms with Crippen LogP contribution in [-0.2, 0) is 4.79 Å². The van der Waals surface area contributed by atoms with Crippen molar-refractivity contribution in [2.45, 2.75) is 44.9 Å². The third kappa shape index (κ3) is 1.72. The van der Waals surface area contributed by atoms with Gasteiger partial charge in [0.15, 0.2) is 12.0 Å². The van der Waals surface area contributed by atoms with Crippen molar-refractivity contribution in [3.63, 3.8) is 0 Å². The third-order valence-corrected chi connectivity index (χ3v) is 3.93. The number of aliphatic hydroxyl groups is 1. The number of hydrazone groups is 1. The molecule has 0 spiro atoms. The summed E-state index contributed by atoms with van der Waals surface area (Å²) in [6, 6.07) is 0. The Morgan fingerprint density at radius 3 is 2.78 bits per heavy atom. The SMILES string of the molecule is CCC1C(C)=NN(C2(C=O)C=CC=CC2)C1(C)O. The van der Waals surface area contributed by atoms with E-state index < -0.39 is 11.3 Å². The van der Waals surface area contributed by atoms with Gasteiger partial charge in [-0.1, -0.05) is 25.2 Å². The second kappa shape index (κ2) is 4.35. The lowest BCUT2D eigenvalue weighted by atomic mass is 9.86. The Balaban J connectivity index is 2.42. The zero-order chi connectivity index (χ0) is 13.4. The predicted molar refractivity (Wildman–Crippen MR) is 71.0 cm³/mol. The van der Waals surface area contributed by atoms with E-state index in [4.69, 9.17) is 0 Å². The van der Waals surface area contributed by atoms with Gasteiger partial charge >= 0.3 is 0 Å². The molecule has 0 amide bonds. The number of hydrogen-bond acceptors (Lipinski definition) is 4. The van der Waals surface area contributed by atoms with Crippen LogP contribution in [0.25, 0.3) is 0 Å². The number of allylic oxidation sites excluding steroid dienone is 2. The molecule has 2 aliphatic rings. The quantitative estimate of drug-likeness (QED) is 0.776. The van der Waals surface area contributed by atoms with E-state index in [0.29, 0.717) is 6.42 Å². The van der Waals surface area contributed by atoms with Crippen molar-refractivity contribution in [2.24, 2.45) is 11.0 Å².